The summed E-state index contributed by atoms with van der Waals surface area (Å²) in [5.74, 6) is -2.58. The van der Waals surface area contributed by atoms with E-state index >= 15 is 0 Å². The summed E-state index contributed by atoms with van der Waals surface area (Å²) in [6, 6.07) is 9.99. The molecule has 0 aromatic heterocycles. The van der Waals surface area contributed by atoms with Crippen LogP contribution >= 0.6 is 0 Å². The molecule has 9 nitrogen and oxygen atoms in total. The summed E-state index contributed by atoms with van der Waals surface area (Å²) in [5, 5.41) is 27.7. The van der Waals surface area contributed by atoms with E-state index in [1.807, 2.05) is 40.1 Å². The van der Waals surface area contributed by atoms with Gasteiger partial charge in [-0.1, -0.05) is 30.3 Å². The Hall–Kier alpha value is -2.49. The van der Waals surface area contributed by atoms with Crippen LogP contribution in [0.5, 0.6) is 0 Å². The normalized spacial score (nSPS) is 18.9. The van der Waals surface area contributed by atoms with Crippen molar-refractivity contribution in [2.24, 2.45) is 0 Å². The molecule has 0 unspecified atom stereocenters. The van der Waals surface area contributed by atoms with Gasteiger partial charge in [-0.25, -0.2) is 0 Å². The molecule has 0 aliphatic carbocycles. The van der Waals surface area contributed by atoms with Crippen LogP contribution in [0.3, 0.4) is 0 Å². The van der Waals surface area contributed by atoms with Crippen molar-refractivity contribution in [3.63, 3.8) is 0 Å². The Balaban J connectivity index is 2.18. The number of rotatable bonds is 7. The topological polar surface area (TPSA) is 122 Å². The van der Waals surface area contributed by atoms with Crippen LogP contribution in [0.2, 0.25) is 0 Å². The molecular formula is C21H31N3O6. The molecule has 1 aliphatic heterocycles. The molecule has 9 heteroatoms. The first kappa shape index (κ1) is 23.8. The van der Waals surface area contributed by atoms with Gasteiger partial charge in [0.2, 0.25) is 0 Å². The molecule has 1 fully saturated rings. The van der Waals surface area contributed by atoms with Crippen LogP contribution in [-0.4, -0.2) is 107 Å². The number of hydrogen-bond acceptors (Lipinski definition) is 6. The highest BCUT2D eigenvalue weighted by molar-refractivity contribution is 5.69. The molecule has 1 aliphatic rings. The van der Waals surface area contributed by atoms with Gasteiger partial charge in [0.1, 0.15) is 0 Å². The molecule has 1 heterocycles. The van der Waals surface area contributed by atoms with Crippen molar-refractivity contribution in [2.75, 3.05) is 58.9 Å². The molecule has 0 radical (unpaired) electrons. The predicted molar refractivity (Wildman–Crippen MR) is 111 cm³/mol. The first-order chi connectivity index (χ1) is 14.3. The fourth-order valence-corrected chi connectivity index (χ4v) is 3.83. The standard InChI is InChI=1S/C21H31N3O6/c25-19(26)14-22-8-6-18(17-4-2-1-3-5-17)7-9-23(15-20(27)28)11-13-24(12-10-22)16-21(29)30/h1-5,18H,6-16H2,(H,25,26)(H,27,28)(H,29,30). The minimum atomic E-state index is -0.958. The number of carboxylic acid groups (broad SMARTS) is 3. The van der Waals surface area contributed by atoms with Crippen molar-refractivity contribution in [1.82, 2.24) is 14.7 Å². The van der Waals surface area contributed by atoms with E-state index in [1.165, 1.54) is 0 Å². The number of carboxylic acids is 3. The summed E-state index contributed by atoms with van der Waals surface area (Å²) < 4.78 is 0. The molecule has 0 saturated carbocycles. The number of hydrogen-bond donors (Lipinski definition) is 3. The third-order valence-corrected chi connectivity index (χ3v) is 5.40. The zero-order chi connectivity index (χ0) is 21.9. The largest absolute Gasteiger partial charge is 0.480 e. The second-order valence-electron chi connectivity index (χ2n) is 7.69. The quantitative estimate of drug-likeness (QED) is 0.585. The molecule has 2 rings (SSSR count). The zero-order valence-electron chi connectivity index (χ0n) is 17.2. The Morgan fingerprint density at radius 3 is 1.40 bits per heavy atom. The van der Waals surface area contributed by atoms with Gasteiger partial charge >= 0.3 is 17.9 Å². The fraction of sp³-hybridized carbons (Fsp3) is 0.571. The average Bonchev–Trinajstić information content (AvgIpc) is 2.67. The van der Waals surface area contributed by atoms with Crippen molar-refractivity contribution in [1.29, 1.82) is 0 Å². The first-order valence-corrected chi connectivity index (χ1v) is 10.2. The lowest BCUT2D eigenvalue weighted by molar-refractivity contribution is -0.140. The summed E-state index contributed by atoms with van der Waals surface area (Å²) in [4.78, 5) is 39.2. The molecule has 0 amide bonds. The van der Waals surface area contributed by atoms with E-state index in [2.05, 4.69) is 0 Å². The van der Waals surface area contributed by atoms with E-state index in [9.17, 15) is 29.7 Å². The third kappa shape index (κ3) is 8.89. The minimum Gasteiger partial charge on any atom is -0.480 e. The molecule has 0 spiro atoms. The Bertz CT molecular complexity index is 667. The van der Waals surface area contributed by atoms with Gasteiger partial charge in [0.25, 0.3) is 0 Å². The van der Waals surface area contributed by atoms with Crippen molar-refractivity contribution < 1.29 is 29.7 Å². The van der Waals surface area contributed by atoms with Crippen LogP contribution in [0.1, 0.15) is 24.3 Å². The highest BCUT2D eigenvalue weighted by Crippen LogP contribution is 2.24. The number of aliphatic carboxylic acids is 3. The summed E-state index contributed by atoms with van der Waals surface area (Å²) in [7, 11) is 0. The highest BCUT2D eigenvalue weighted by atomic mass is 16.4. The minimum absolute atomic E-state index is 0.0897. The van der Waals surface area contributed by atoms with Crippen LogP contribution in [0, 0.1) is 0 Å². The number of carbonyl (C=O) groups is 3. The fourth-order valence-electron chi connectivity index (χ4n) is 3.83. The molecule has 1 aromatic rings. The summed E-state index contributed by atoms with van der Waals surface area (Å²) in [6.07, 6.45) is 1.49. The Kier molecular flexibility index (Phi) is 9.72. The van der Waals surface area contributed by atoms with E-state index in [-0.39, 0.29) is 25.6 Å². The van der Waals surface area contributed by atoms with Gasteiger partial charge in [-0.2, -0.15) is 0 Å². The smallest absolute Gasteiger partial charge is 0.317 e. The lowest BCUT2D eigenvalue weighted by Crippen LogP contribution is -2.45. The third-order valence-electron chi connectivity index (χ3n) is 5.40. The lowest BCUT2D eigenvalue weighted by atomic mass is 9.92. The van der Waals surface area contributed by atoms with Gasteiger partial charge in [-0.3, -0.25) is 29.1 Å². The SMILES string of the molecule is O=C(O)CN1CCC(c2ccccc2)CCN(CC(=O)O)CCN(CC(=O)O)CC1. The summed E-state index contributed by atoms with van der Waals surface area (Å²) in [5.41, 5.74) is 1.16. The highest BCUT2D eigenvalue weighted by Gasteiger charge is 2.21. The molecule has 166 valence electrons. The van der Waals surface area contributed by atoms with E-state index < -0.39 is 17.9 Å². The Morgan fingerprint density at radius 1 is 0.667 bits per heavy atom. The van der Waals surface area contributed by atoms with Crippen molar-refractivity contribution in [2.45, 2.75) is 18.8 Å². The number of nitrogens with zero attached hydrogens (tertiary/aromatic N) is 3. The van der Waals surface area contributed by atoms with Crippen molar-refractivity contribution in [3.8, 4) is 0 Å². The van der Waals surface area contributed by atoms with E-state index in [1.54, 1.807) is 4.90 Å². The van der Waals surface area contributed by atoms with Gasteiger partial charge in [0, 0.05) is 26.2 Å². The van der Waals surface area contributed by atoms with E-state index in [0.29, 0.717) is 39.3 Å². The van der Waals surface area contributed by atoms with Crippen LogP contribution in [0.25, 0.3) is 0 Å². The molecule has 1 saturated heterocycles. The van der Waals surface area contributed by atoms with Crippen molar-refractivity contribution >= 4 is 17.9 Å². The maximum Gasteiger partial charge on any atom is 0.317 e. The lowest BCUT2D eigenvalue weighted by Gasteiger charge is -2.31. The summed E-state index contributed by atoms with van der Waals surface area (Å²) >= 11 is 0. The Labute approximate surface area is 176 Å². The summed E-state index contributed by atoms with van der Waals surface area (Å²) in [6.45, 7) is 2.53. The molecule has 1 aromatic carbocycles. The molecule has 0 bridgehead atoms. The zero-order valence-corrected chi connectivity index (χ0v) is 17.2. The van der Waals surface area contributed by atoms with Crippen molar-refractivity contribution in [3.05, 3.63) is 35.9 Å². The Morgan fingerprint density at radius 2 is 1.03 bits per heavy atom. The van der Waals surface area contributed by atoms with Gasteiger partial charge in [-0.05, 0) is 37.4 Å². The van der Waals surface area contributed by atoms with Gasteiger partial charge < -0.3 is 15.3 Å². The van der Waals surface area contributed by atoms with Gasteiger partial charge in [0.15, 0.2) is 0 Å². The second-order valence-corrected chi connectivity index (χ2v) is 7.69. The van der Waals surface area contributed by atoms with Gasteiger partial charge in [0.05, 0.1) is 19.6 Å². The van der Waals surface area contributed by atoms with E-state index in [4.69, 9.17) is 0 Å². The average molecular weight is 421 g/mol. The van der Waals surface area contributed by atoms with Crippen LogP contribution in [-0.2, 0) is 14.4 Å². The molecule has 0 atom stereocenters. The second kappa shape index (κ2) is 12.3. The maximum absolute atomic E-state index is 11.3. The van der Waals surface area contributed by atoms with Gasteiger partial charge in [-0.15, -0.1) is 0 Å². The van der Waals surface area contributed by atoms with Crippen LogP contribution in [0.4, 0.5) is 0 Å². The van der Waals surface area contributed by atoms with E-state index in [0.717, 1.165) is 18.4 Å². The number of benzene rings is 1. The maximum atomic E-state index is 11.3. The molecule has 30 heavy (non-hydrogen) atoms. The first-order valence-electron chi connectivity index (χ1n) is 10.2. The molecular weight excluding hydrogens is 390 g/mol. The van der Waals surface area contributed by atoms with Crippen LogP contribution in [0.15, 0.2) is 30.3 Å². The van der Waals surface area contributed by atoms with Crippen LogP contribution < -0.4 is 0 Å². The predicted octanol–water partition coefficient (Wildman–Crippen LogP) is 0.724. The molecule has 3 N–H and O–H groups in total. The monoisotopic (exact) mass is 421 g/mol.